The molecule has 0 spiro atoms. The van der Waals surface area contributed by atoms with Crippen LogP contribution < -0.4 is 5.32 Å². The van der Waals surface area contributed by atoms with Crippen molar-refractivity contribution in [3.8, 4) is 0 Å². The van der Waals surface area contributed by atoms with Gasteiger partial charge >= 0.3 is 0 Å². The summed E-state index contributed by atoms with van der Waals surface area (Å²) in [4.78, 5) is 13.3. The largest absolute Gasteiger partial charge is 0.337 e. The lowest BCUT2D eigenvalue weighted by Gasteiger charge is -2.20. The van der Waals surface area contributed by atoms with Crippen LogP contribution in [0.3, 0.4) is 0 Å². The maximum atomic E-state index is 13.0. The lowest BCUT2D eigenvalue weighted by Crippen LogP contribution is -2.34. The molecule has 0 aromatic heterocycles. The second kappa shape index (κ2) is 5.23. The predicted molar refractivity (Wildman–Crippen MR) is 59.3 cm³/mol. The molecule has 92 valence electrons. The summed E-state index contributed by atoms with van der Waals surface area (Å²) in [7, 11) is 0. The summed E-state index contributed by atoms with van der Waals surface area (Å²) in [6.45, 7) is 1.96. The molecule has 1 heterocycles. The summed E-state index contributed by atoms with van der Waals surface area (Å²) in [5.41, 5.74) is 0.484. The topological polar surface area (TPSA) is 32.3 Å². The van der Waals surface area contributed by atoms with Crippen LogP contribution in [-0.4, -0.2) is 30.4 Å². The van der Waals surface area contributed by atoms with Crippen molar-refractivity contribution >= 4 is 5.91 Å². The van der Waals surface area contributed by atoms with Crippen molar-refractivity contribution < 1.29 is 13.6 Å². The van der Waals surface area contributed by atoms with E-state index in [0.717, 1.165) is 19.0 Å². The van der Waals surface area contributed by atoms with Crippen LogP contribution in [0.1, 0.15) is 12.0 Å². The second-order valence-corrected chi connectivity index (χ2v) is 4.12. The summed E-state index contributed by atoms with van der Waals surface area (Å²) in [6.07, 6.45) is 0.851. The highest BCUT2D eigenvalue weighted by Gasteiger charge is 2.16. The Kier molecular flexibility index (Phi) is 3.68. The van der Waals surface area contributed by atoms with E-state index < -0.39 is 11.6 Å². The summed E-state index contributed by atoms with van der Waals surface area (Å²) in [5.74, 6) is -1.26. The highest BCUT2D eigenvalue weighted by Crippen LogP contribution is 2.11. The minimum Gasteiger partial charge on any atom is -0.337 e. The van der Waals surface area contributed by atoms with Crippen molar-refractivity contribution in [1.82, 2.24) is 10.2 Å². The number of carbonyl (C=O) groups excluding carboxylic acids is 1. The number of benzene rings is 1. The first-order chi connectivity index (χ1) is 8.15. The number of amides is 1. The number of halogens is 2. The zero-order chi connectivity index (χ0) is 12.3. The molecule has 5 heteroatoms. The third kappa shape index (κ3) is 3.23. The van der Waals surface area contributed by atoms with Crippen molar-refractivity contribution in [3.63, 3.8) is 0 Å². The highest BCUT2D eigenvalue weighted by atomic mass is 19.1. The van der Waals surface area contributed by atoms with E-state index in [9.17, 15) is 13.6 Å². The minimum atomic E-state index is -0.611. The first kappa shape index (κ1) is 12.0. The molecule has 1 aliphatic rings. The molecule has 3 nitrogen and oxygen atoms in total. The Hall–Kier alpha value is -1.49. The van der Waals surface area contributed by atoms with E-state index in [0.29, 0.717) is 12.1 Å². The van der Waals surface area contributed by atoms with Gasteiger partial charge < -0.3 is 10.2 Å². The van der Waals surface area contributed by atoms with Crippen molar-refractivity contribution in [2.75, 3.05) is 19.6 Å². The molecule has 0 unspecified atom stereocenters. The monoisotopic (exact) mass is 240 g/mol. The van der Waals surface area contributed by atoms with Crippen LogP contribution in [0.25, 0.3) is 0 Å². The van der Waals surface area contributed by atoms with E-state index in [4.69, 9.17) is 0 Å². The third-order valence-electron chi connectivity index (χ3n) is 2.71. The highest BCUT2D eigenvalue weighted by molar-refractivity contribution is 5.78. The summed E-state index contributed by atoms with van der Waals surface area (Å²) in [5, 5.41) is 3.00. The van der Waals surface area contributed by atoms with Gasteiger partial charge in [-0.3, -0.25) is 4.79 Å². The van der Waals surface area contributed by atoms with Crippen LogP contribution >= 0.6 is 0 Å². The molecule has 0 bridgehead atoms. The fraction of sp³-hybridized carbons (Fsp3) is 0.417. The molecule has 1 N–H and O–H groups in total. The zero-order valence-electron chi connectivity index (χ0n) is 9.38. The molecule has 1 saturated heterocycles. The molecular weight excluding hydrogens is 226 g/mol. The number of carbonyl (C=O) groups is 1. The Morgan fingerprint density at radius 2 is 1.94 bits per heavy atom. The molecule has 1 aromatic rings. The standard InChI is InChI=1S/C12H14F2N2O/c13-10-4-9(5-11(14)6-10)8-16-3-1-2-15-7-12(16)17/h4-6,15H,1-3,7-8H2. The van der Waals surface area contributed by atoms with E-state index in [2.05, 4.69) is 5.32 Å². The first-order valence-corrected chi connectivity index (χ1v) is 5.58. The number of hydrogen-bond acceptors (Lipinski definition) is 2. The number of hydrogen-bond donors (Lipinski definition) is 1. The Morgan fingerprint density at radius 3 is 2.65 bits per heavy atom. The average molecular weight is 240 g/mol. The molecule has 0 saturated carbocycles. The fourth-order valence-corrected chi connectivity index (χ4v) is 1.92. The number of rotatable bonds is 2. The molecule has 1 aliphatic heterocycles. The normalized spacial score (nSPS) is 17.1. The van der Waals surface area contributed by atoms with E-state index in [1.165, 1.54) is 12.1 Å². The van der Waals surface area contributed by atoms with Gasteiger partial charge in [0, 0.05) is 19.2 Å². The van der Waals surface area contributed by atoms with Gasteiger partial charge in [0.25, 0.3) is 0 Å². The first-order valence-electron chi connectivity index (χ1n) is 5.58. The molecular formula is C12H14F2N2O. The number of nitrogens with zero attached hydrogens (tertiary/aromatic N) is 1. The van der Waals surface area contributed by atoms with E-state index in [-0.39, 0.29) is 19.0 Å². The third-order valence-corrected chi connectivity index (χ3v) is 2.71. The van der Waals surface area contributed by atoms with Gasteiger partial charge in [-0.1, -0.05) is 0 Å². The van der Waals surface area contributed by atoms with Gasteiger partial charge in [-0.15, -0.1) is 0 Å². The Morgan fingerprint density at radius 1 is 1.24 bits per heavy atom. The Labute approximate surface area is 98.4 Å². The minimum absolute atomic E-state index is 0.0350. The molecule has 2 rings (SSSR count). The Bertz CT molecular complexity index is 403. The summed E-state index contributed by atoms with van der Waals surface area (Å²) in [6, 6.07) is 3.35. The Balaban J connectivity index is 2.10. The van der Waals surface area contributed by atoms with Crippen LogP contribution in [0.4, 0.5) is 8.78 Å². The number of nitrogens with one attached hydrogen (secondary N) is 1. The molecule has 1 fully saturated rings. The maximum Gasteiger partial charge on any atom is 0.236 e. The lowest BCUT2D eigenvalue weighted by molar-refractivity contribution is -0.130. The van der Waals surface area contributed by atoms with Crippen molar-refractivity contribution in [1.29, 1.82) is 0 Å². The van der Waals surface area contributed by atoms with E-state index in [1.807, 2.05) is 0 Å². The lowest BCUT2D eigenvalue weighted by atomic mass is 10.2. The van der Waals surface area contributed by atoms with Crippen LogP contribution in [0.2, 0.25) is 0 Å². The molecule has 1 aromatic carbocycles. The van der Waals surface area contributed by atoms with Crippen molar-refractivity contribution in [2.24, 2.45) is 0 Å². The van der Waals surface area contributed by atoms with Crippen molar-refractivity contribution in [3.05, 3.63) is 35.4 Å². The average Bonchev–Trinajstić information content (AvgIpc) is 2.43. The van der Waals surface area contributed by atoms with E-state index >= 15 is 0 Å². The maximum absolute atomic E-state index is 13.0. The summed E-state index contributed by atoms with van der Waals surface area (Å²) < 4.78 is 26.0. The predicted octanol–water partition coefficient (Wildman–Crippen LogP) is 1.29. The molecule has 1 amide bonds. The van der Waals surface area contributed by atoms with Gasteiger partial charge in [0.15, 0.2) is 0 Å². The van der Waals surface area contributed by atoms with Gasteiger partial charge in [-0.2, -0.15) is 0 Å². The van der Waals surface area contributed by atoms with Crippen molar-refractivity contribution in [2.45, 2.75) is 13.0 Å². The smallest absolute Gasteiger partial charge is 0.236 e. The van der Waals surface area contributed by atoms with Gasteiger partial charge in [0.2, 0.25) is 5.91 Å². The quantitative estimate of drug-likeness (QED) is 0.844. The molecule has 0 radical (unpaired) electrons. The van der Waals surface area contributed by atoms with Crippen LogP contribution in [-0.2, 0) is 11.3 Å². The van der Waals surface area contributed by atoms with Gasteiger partial charge in [0.1, 0.15) is 11.6 Å². The summed E-state index contributed by atoms with van der Waals surface area (Å²) >= 11 is 0. The van der Waals surface area contributed by atoms with Gasteiger partial charge in [-0.25, -0.2) is 8.78 Å². The zero-order valence-corrected chi connectivity index (χ0v) is 9.38. The van der Waals surface area contributed by atoms with Crippen LogP contribution in [0.15, 0.2) is 18.2 Å². The molecule has 0 atom stereocenters. The van der Waals surface area contributed by atoms with Crippen LogP contribution in [0.5, 0.6) is 0 Å². The fourth-order valence-electron chi connectivity index (χ4n) is 1.92. The molecule has 0 aliphatic carbocycles. The van der Waals surface area contributed by atoms with Crippen LogP contribution in [0, 0.1) is 11.6 Å². The van der Waals surface area contributed by atoms with Gasteiger partial charge in [0.05, 0.1) is 6.54 Å². The van der Waals surface area contributed by atoms with Gasteiger partial charge in [-0.05, 0) is 30.7 Å². The molecule has 17 heavy (non-hydrogen) atoms. The SMILES string of the molecule is O=C1CNCCCN1Cc1cc(F)cc(F)c1. The van der Waals surface area contributed by atoms with E-state index in [1.54, 1.807) is 4.90 Å². The second-order valence-electron chi connectivity index (χ2n) is 4.12.